The molecule has 2 aromatic heterocycles. The predicted molar refractivity (Wildman–Crippen MR) is 478 cm³/mol. The van der Waals surface area contributed by atoms with Gasteiger partial charge in [-0.25, -0.2) is 4.98 Å². The van der Waals surface area contributed by atoms with E-state index in [9.17, 15) is 48.6 Å². The maximum Gasteiger partial charge on any atom is 0.293 e. The van der Waals surface area contributed by atoms with Crippen LogP contribution in [0.5, 0.6) is 11.5 Å². The van der Waals surface area contributed by atoms with Gasteiger partial charge in [-0.1, -0.05) is 151 Å². The van der Waals surface area contributed by atoms with Crippen LogP contribution < -0.4 is 37.6 Å². The zero-order valence-corrected chi connectivity index (χ0v) is 74.8. The van der Waals surface area contributed by atoms with E-state index in [0.29, 0.717) is 57.3 Å². The molecule has 0 radical (unpaired) electrons. The number of aromatic nitrogens is 3. The van der Waals surface area contributed by atoms with Crippen molar-refractivity contribution in [1.29, 1.82) is 0 Å². The number of nitrogens with zero attached hydrogens (tertiary/aromatic N) is 6. The molecule has 3 heterocycles. The molecule has 34 nitrogen and oxygen atoms in total. The van der Waals surface area contributed by atoms with E-state index in [1.807, 2.05) is 6.92 Å². The maximum atomic E-state index is 15.5. The highest BCUT2D eigenvalue weighted by Gasteiger charge is 2.42. The van der Waals surface area contributed by atoms with Gasteiger partial charge in [-0.15, -0.1) is 11.8 Å². The standard InChI is InChI=1S/C93H119N15O19S/c1-11-12-27-77-92(125)104(6)49-67(112)43-63(51-127-55-109)81(114)46-69(57(4)5)89(122)107(9)78(45-64-48-95-54-97-64)88(121)102-74(41-61-30-34-66(111)35-31-61)90(123)105(7)50-83(116)98-73(44-62-47-96-70-26-20-19-25-68(62)70)87(120)101-72(39-60-28-32-65(110)33-29-60)86(119)100-71(38-56(2)3)85(118)103-76(80(113)36-37-82(94)115)52-128-53-84(117)99-75(40-58-21-15-13-16-22-58)91(124)108(10)79(93(126)106(77)8)42-59-23-17-14-18-24-59/h13-26,28-35,47-48,54-57,63,69,71-79,96,110-111H,11-12,27,36-46,49-53H2,1-10H3,(H2,94,115)(H,95,97)(H,98,116)(H,99,117)(H,100,119)(H,101,120)(H,102,121)(H,103,118)/t63-,69-,71-,72-,73-,74-,75-,76-,77-,78-,79-/m0/s1. The number of aromatic hydroxyl groups is 2. The van der Waals surface area contributed by atoms with E-state index in [0.717, 1.165) is 26.5 Å². The number of hydrogen-bond acceptors (Lipinski definition) is 21. The number of unbranched alkanes of at least 4 members (excludes halogenated alkanes) is 1. The van der Waals surface area contributed by atoms with Crippen LogP contribution in [0.1, 0.15) is 119 Å². The van der Waals surface area contributed by atoms with Crippen molar-refractivity contribution in [2.75, 3.05) is 66.4 Å². The van der Waals surface area contributed by atoms with Gasteiger partial charge in [0, 0.05) is 140 Å². The van der Waals surface area contributed by atoms with E-state index < -0.39 is 211 Å². The third-order valence-corrected chi connectivity index (χ3v) is 23.7. The summed E-state index contributed by atoms with van der Waals surface area (Å²) in [6.07, 6.45) is 2.08. The topological polar surface area (TPSA) is 482 Å². The fraction of sp³-hybridized carbons (Fsp3) is 0.452. The monoisotopic (exact) mass is 1780 g/mol. The molecule has 8 rings (SSSR count). The van der Waals surface area contributed by atoms with Crippen LogP contribution in [0.25, 0.3) is 10.9 Å². The Morgan fingerprint density at radius 3 is 1.66 bits per heavy atom. The minimum absolute atomic E-state index is 0.0658. The van der Waals surface area contributed by atoms with Crippen LogP contribution in [0.3, 0.4) is 0 Å². The van der Waals surface area contributed by atoms with Crippen LogP contribution in [0.15, 0.2) is 152 Å². The number of ether oxygens (including phenoxy) is 1. The third-order valence-electron chi connectivity index (χ3n) is 22.6. The van der Waals surface area contributed by atoms with Crippen molar-refractivity contribution in [3.63, 3.8) is 0 Å². The zero-order valence-electron chi connectivity index (χ0n) is 74.0. The summed E-state index contributed by atoms with van der Waals surface area (Å²) >= 11 is 0.880. The summed E-state index contributed by atoms with van der Waals surface area (Å²) in [4.78, 5) is 250. The Kier molecular flexibility index (Phi) is 38.5. The fourth-order valence-corrected chi connectivity index (χ4v) is 16.2. The van der Waals surface area contributed by atoms with Gasteiger partial charge in [-0.05, 0) is 82.8 Å². The van der Waals surface area contributed by atoms with Gasteiger partial charge in [0.1, 0.15) is 72.2 Å². The van der Waals surface area contributed by atoms with Gasteiger partial charge in [0.25, 0.3) is 6.47 Å². The molecule has 0 saturated carbocycles. The lowest BCUT2D eigenvalue weighted by molar-refractivity contribution is -0.151. The molecule has 1 aliphatic heterocycles. The lowest BCUT2D eigenvalue weighted by Crippen LogP contribution is -2.59. The van der Waals surface area contributed by atoms with Crippen LogP contribution in [-0.4, -0.2) is 265 Å². The highest BCUT2D eigenvalue weighted by molar-refractivity contribution is 8.00. The van der Waals surface area contributed by atoms with E-state index in [-0.39, 0.29) is 81.0 Å². The first-order chi connectivity index (χ1) is 61.0. The number of ketones is 3. The quantitative estimate of drug-likeness (QED) is 0.0358. The number of amides is 12. The number of H-pyrrole nitrogens is 2. The van der Waals surface area contributed by atoms with Crippen molar-refractivity contribution in [2.45, 2.75) is 179 Å². The summed E-state index contributed by atoms with van der Waals surface area (Å²) in [7, 11) is 6.75. The van der Waals surface area contributed by atoms with E-state index in [4.69, 9.17) is 10.5 Å². The maximum absolute atomic E-state index is 15.5. The van der Waals surface area contributed by atoms with Crippen molar-refractivity contribution in [1.82, 2.24) is 71.4 Å². The molecule has 1 aliphatic rings. The minimum atomic E-state index is -1.58. The first-order valence-electron chi connectivity index (χ1n) is 42.8. The van der Waals surface area contributed by atoms with Gasteiger partial charge < -0.3 is 87.1 Å². The number of nitrogens with two attached hydrogens (primary N) is 1. The van der Waals surface area contributed by atoms with Crippen molar-refractivity contribution in [3.8, 4) is 11.5 Å². The van der Waals surface area contributed by atoms with Crippen LogP contribution in [-0.2, 0) is 120 Å². The highest BCUT2D eigenvalue weighted by atomic mass is 32.2. The van der Waals surface area contributed by atoms with Crippen LogP contribution >= 0.6 is 11.8 Å². The zero-order chi connectivity index (χ0) is 93.4. The summed E-state index contributed by atoms with van der Waals surface area (Å²) in [6.45, 7) is 6.81. The van der Waals surface area contributed by atoms with E-state index >= 15 is 38.4 Å². The SMILES string of the molecule is CCCC[C@H]1C(=O)N(C)CC(=O)C[C@@H](COC=O)C(=O)C[C@@H](C(C)C)C(=O)N(C)[C@@H](Cc2cnc[nH]2)C(=O)N[C@@H](Cc2ccc(O)cc2)C(=O)N(C)CC(=O)N[C@@H](Cc2c[nH]c3ccccc23)C(=O)N[C@@H](Cc2ccc(O)cc2)C(=O)N[C@@H](CC(C)C)C(=O)N[C@H](C(=O)CCC(N)=O)CSCC(=O)N[C@@H](Cc2ccccc2)C(=O)N(C)[C@@H](Cc2ccccc2)C(=O)N1C. The molecule has 12 N–H and O–H groups in total. The lowest BCUT2D eigenvalue weighted by Gasteiger charge is -2.37. The number of phenols is 2. The molecule has 11 atom stereocenters. The first-order valence-corrected chi connectivity index (χ1v) is 43.9. The van der Waals surface area contributed by atoms with Crippen molar-refractivity contribution in [3.05, 3.63) is 186 Å². The molecular weight excluding hydrogens is 1660 g/mol. The Hall–Kier alpha value is -13.1. The average Bonchev–Trinajstić information content (AvgIpc) is 0.912. The van der Waals surface area contributed by atoms with Crippen LogP contribution in [0.2, 0.25) is 0 Å². The number of fused-ring (bicyclic) bond motifs is 1. The molecule has 12 amide bonds. The summed E-state index contributed by atoms with van der Waals surface area (Å²) in [5, 5.41) is 38.1. The first kappa shape index (κ1) is 100. The second kappa shape index (κ2) is 49.1. The number of Topliss-reactive ketones (excluding diaryl/α,β-unsaturated/α-hetero) is 3. The second-order valence-corrected chi connectivity index (χ2v) is 34.4. The van der Waals surface area contributed by atoms with E-state index in [1.54, 1.807) is 119 Å². The molecule has 0 aliphatic carbocycles. The predicted octanol–water partition coefficient (Wildman–Crippen LogP) is 4.16. The number of phenolic OH excluding ortho intramolecular Hbond substituents is 2. The second-order valence-electron chi connectivity index (χ2n) is 33.3. The molecule has 5 aromatic carbocycles. The molecule has 0 spiro atoms. The highest BCUT2D eigenvalue weighted by Crippen LogP contribution is 2.28. The summed E-state index contributed by atoms with van der Waals surface area (Å²) in [6, 6.07) is 23.0. The van der Waals surface area contributed by atoms with E-state index in [1.165, 1.54) is 106 Å². The Bertz CT molecular complexity index is 4980. The molecule has 0 bridgehead atoms. The van der Waals surface area contributed by atoms with Gasteiger partial charge in [0.15, 0.2) is 11.6 Å². The number of thioether (sulfide) groups is 1. The molecule has 7 aromatic rings. The van der Waals surface area contributed by atoms with Gasteiger partial charge in [-0.3, -0.25) is 76.7 Å². The number of benzene rings is 5. The Morgan fingerprint density at radius 2 is 1.07 bits per heavy atom. The largest absolute Gasteiger partial charge is 0.508 e. The Labute approximate surface area is 748 Å². The van der Waals surface area contributed by atoms with Crippen molar-refractivity contribution < 1.29 is 91.7 Å². The average molecular weight is 1780 g/mol. The van der Waals surface area contributed by atoms with Gasteiger partial charge in [0.05, 0.1) is 37.1 Å². The summed E-state index contributed by atoms with van der Waals surface area (Å²) in [5.74, 6) is -16.5. The van der Waals surface area contributed by atoms with E-state index in [2.05, 4.69) is 46.9 Å². The molecule has 0 unspecified atom stereocenters. The third kappa shape index (κ3) is 30.1. The molecule has 128 heavy (non-hydrogen) atoms. The lowest BCUT2D eigenvalue weighted by atomic mass is 9.84. The number of carbonyl (C=O) groups excluding carboxylic acids is 16. The minimum Gasteiger partial charge on any atom is -0.508 e. The number of nitrogens with one attached hydrogen (secondary N) is 8. The Morgan fingerprint density at radius 1 is 0.539 bits per heavy atom. The van der Waals surface area contributed by atoms with Crippen molar-refractivity contribution in [2.24, 2.45) is 29.4 Å². The van der Waals surface area contributed by atoms with Gasteiger partial charge in [-0.2, -0.15) is 0 Å². The normalized spacial score (nSPS) is 22.1. The number of hydrogen-bond donors (Lipinski definition) is 11. The molecule has 1 fully saturated rings. The molecule has 686 valence electrons. The number of para-hydroxylation sites is 1. The Balaban J connectivity index is 1.20. The number of carbonyl (C=O) groups is 16. The summed E-state index contributed by atoms with van der Waals surface area (Å²) < 4.78 is 5.14. The smallest absolute Gasteiger partial charge is 0.293 e. The van der Waals surface area contributed by atoms with Crippen LogP contribution in [0.4, 0.5) is 0 Å². The van der Waals surface area contributed by atoms with Crippen molar-refractivity contribution >= 4 is 117 Å². The molecule has 35 heteroatoms. The number of primary amides is 1. The number of aromatic amines is 2. The number of rotatable bonds is 25. The molecule has 1 saturated heterocycles. The number of imidazole rings is 1. The van der Waals surface area contributed by atoms with Crippen LogP contribution in [0, 0.1) is 23.7 Å². The number of likely N-dealkylation sites (N-methyl/N-ethyl adjacent to an activating group) is 5. The van der Waals surface area contributed by atoms with Gasteiger partial charge >= 0.3 is 0 Å². The van der Waals surface area contributed by atoms with Gasteiger partial charge in [0.2, 0.25) is 70.9 Å². The summed E-state index contributed by atoms with van der Waals surface area (Å²) in [5.41, 5.74) is 9.12. The molecular formula is C93H119N15O19S. The fourth-order valence-electron chi connectivity index (χ4n) is 15.3.